The van der Waals surface area contributed by atoms with Crippen molar-refractivity contribution in [3.05, 3.63) is 35.4 Å². The van der Waals surface area contributed by atoms with Crippen LogP contribution in [0.15, 0.2) is 24.3 Å². The van der Waals surface area contributed by atoms with Gasteiger partial charge in [-0.2, -0.15) is 0 Å². The van der Waals surface area contributed by atoms with Crippen LogP contribution in [-0.4, -0.2) is 23.9 Å². The fourth-order valence-corrected chi connectivity index (χ4v) is 1.98. The molecular formula is C19H32ClN3O2. The third kappa shape index (κ3) is 6.67. The van der Waals surface area contributed by atoms with E-state index in [1.54, 1.807) is 12.1 Å². The van der Waals surface area contributed by atoms with Crippen molar-refractivity contribution in [3.8, 4) is 0 Å². The lowest BCUT2D eigenvalue weighted by molar-refractivity contribution is -0.128. The number of carbonyl (C=O) groups is 2. The fourth-order valence-electron chi connectivity index (χ4n) is 1.98. The van der Waals surface area contributed by atoms with E-state index in [2.05, 4.69) is 10.6 Å². The van der Waals surface area contributed by atoms with Crippen LogP contribution in [0.25, 0.3) is 0 Å². The van der Waals surface area contributed by atoms with E-state index in [9.17, 15) is 9.59 Å². The van der Waals surface area contributed by atoms with Gasteiger partial charge in [0, 0.05) is 24.1 Å². The maximum Gasteiger partial charge on any atom is 0.251 e. The summed E-state index contributed by atoms with van der Waals surface area (Å²) in [6.07, 6.45) is 0. The highest BCUT2D eigenvalue weighted by Crippen LogP contribution is 2.16. The van der Waals surface area contributed by atoms with Crippen molar-refractivity contribution in [1.29, 1.82) is 0 Å². The molecule has 25 heavy (non-hydrogen) atoms. The topological polar surface area (TPSA) is 84.2 Å². The second-order valence-corrected chi connectivity index (χ2v) is 7.86. The molecule has 0 aliphatic carbocycles. The smallest absolute Gasteiger partial charge is 0.251 e. The van der Waals surface area contributed by atoms with E-state index in [-0.39, 0.29) is 30.1 Å². The first-order valence-electron chi connectivity index (χ1n) is 8.39. The Bertz CT molecular complexity index is 579. The molecule has 0 aliphatic heterocycles. The van der Waals surface area contributed by atoms with Crippen molar-refractivity contribution in [1.82, 2.24) is 10.6 Å². The lowest BCUT2D eigenvalue weighted by Crippen LogP contribution is -2.55. The molecule has 2 amide bonds. The second-order valence-electron chi connectivity index (χ2n) is 7.86. The van der Waals surface area contributed by atoms with Crippen molar-refractivity contribution in [2.75, 3.05) is 6.54 Å². The maximum absolute atomic E-state index is 12.4. The van der Waals surface area contributed by atoms with E-state index in [0.29, 0.717) is 18.7 Å². The third-order valence-electron chi connectivity index (χ3n) is 4.45. The molecule has 0 spiro atoms. The van der Waals surface area contributed by atoms with Gasteiger partial charge in [-0.05, 0) is 30.5 Å². The molecule has 1 aromatic rings. The molecule has 142 valence electrons. The number of carbonyl (C=O) groups excluding carboxylic acids is 2. The summed E-state index contributed by atoms with van der Waals surface area (Å²) >= 11 is 0. The molecule has 1 unspecified atom stereocenters. The molecule has 6 heteroatoms. The Labute approximate surface area is 157 Å². The van der Waals surface area contributed by atoms with Crippen molar-refractivity contribution < 1.29 is 9.59 Å². The van der Waals surface area contributed by atoms with E-state index >= 15 is 0 Å². The standard InChI is InChI=1S/C19H31N3O2.ClH/c1-13(2)19(6,12-20)22-16(23)15-9-7-14(8-10-15)11-21-17(24)18(3,4)5;/h7-10,13H,11-12,20H2,1-6H3,(H,21,24)(H,22,23);1H. The molecule has 0 aliphatic rings. The summed E-state index contributed by atoms with van der Waals surface area (Å²) in [5, 5.41) is 5.91. The minimum atomic E-state index is -0.434. The molecule has 0 fully saturated rings. The van der Waals surface area contributed by atoms with E-state index in [1.165, 1.54) is 0 Å². The van der Waals surface area contributed by atoms with Crippen molar-refractivity contribution >= 4 is 24.2 Å². The Morgan fingerprint density at radius 2 is 1.60 bits per heavy atom. The number of benzene rings is 1. The van der Waals surface area contributed by atoms with Gasteiger partial charge in [0.25, 0.3) is 5.91 Å². The molecule has 1 rings (SSSR count). The average molecular weight is 370 g/mol. The van der Waals surface area contributed by atoms with E-state index in [0.717, 1.165) is 5.56 Å². The van der Waals surface area contributed by atoms with Gasteiger partial charge in [-0.25, -0.2) is 0 Å². The monoisotopic (exact) mass is 369 g/mol. The highest BCUT2D eigenvalue weighted by atomic mass is 35.5. The molecule has 5 nitrogen and oxygen atoms in total. The molecule has 1 aromatic carbocycles. The molecule has 0 saturated heterocycles. The van der Waals surface area contributed by atoms with Crippen molar-refractivity contribution in [2.24, 2.45) is 17.1 Å². The first kappa shape index (κ1) is 23.4. The van der Waals surface area contributed by atoms with Gasteiger partial charge in [-0.15, -0.1) is 12.4 Å². The molecule has 0 radical (unpaired) electrons. The lowest BCUT2D eigenvalue weighted by atomic mass is 9.88. The fraction of sp³-hybridized carbons (Fsp3) is 0.579. The first-order chi connectivity index (χ1) is 11.0. The van der Waals surface area contributed by atoms with Crippen LogP contribution in [0, 0.1) is 11.3 Å². The van der Waals surface area contributed by atoms with Gasteiger partial charge in [-0.1, -0.05) is 46.8 Å². The molecular weight excluding hydrogens is 338 g/mol. The Morgan fingerprint density at radius 3 is 2.00 bits per heavy atom. The number of nitrogens with two attached hydrogens (primary N) is 1. The highest BCUT2D eigenvalue weighted by molar-refractivity contribution is 5.94. The van der Waals surface area contributed by atoms with Gasteiger partial charge >= 0.3 is 0 Å². The highest BCUT2D eigenvalue weighted by Gasteiger charge is 2.28. The van der Waals surface area contributed by atoms with Crippen LogP contribution in [-0.2, 0) is 11.3 Å². The summed E-state index contributed by atoms with van der Waals surface area (Å²) in [4.78, 5) is 24.3. The van der Waals surface area contributed by atoms with Crippen molar-refractivity contribution in [2.45, 2.75) is 53.6 Å². The SMILES string of the molecule is CC(C)C(C)(CN)NC(=O)c1ccc(CNC(=O)C(C)(C)C)cc1.Cl. The molecule has 1 atom stereocenters. The number of nitrogens with one attached hydrogen (secondary N) is 2. The van der Waals surface area contributed by atoms with Gasteiger partial charge in [0.2, 0.25) is 5.91 Å². The Hall–Kier alpha value is -1.59. The van der Waals surface area contributed by atoms with Crippen LogP contribution in [0.1, 0.15) is 57.5 Å². The Balaban J connectivity index is 0.00000576. The molecule has 0 heterocycles. The maximum atomic E-state index is 12.4. The average Bonchev–Trinajstić information content (AvgIpc) is 2.51. The van der Waals surface area contributed by atoms with Crippen molar-refractivity contribution in [3.63, 3.8) is 0 Å². The number of hydrogen-bond acceptors (Lipinski definition) is 3. The van der Waals surface area contributed by atoms with Crippen LogP contribution in [0.4, 0.5) is 0 Å². The summed E-state index contributed by atoms with van der Waals surface area (Å²) < 4.78 is 0. The van der Waals surface area contributed by atoms with Gasteiger partial charge < -0.3 is 16.4 Å². The van der Waals surface area contributed by atoms with E-state index in [4.69, 9.17) is 5.73 Å². The van der Waals surface area contributed by atoms with Crippen LogP contribution in [0.3, 0.4) is 0 Å². The third-order valence-corrected chi connectivity index (χ3v) is 4.45. The largest absolute Gasteiger partial charge is 0.352 e. The number of halogens is 1. The van der Waals surface area contributed by atoms with Crippen LogP contribution < -0.4 is 16.4 Å². The van der Waals surface area contributed by atoms with Crippen LogP contribution in [0.5, 0.6) is 0 Å². The number of hydrogen-bond donors (Lipinski definition) is 3. The minimum Gasteiger partial charge on any atom is -0.352 e. The zero-order valence-corrected chi connectivity index (χ0v) is 16.9. The van der Waals surface area contributed by atoms with Crippen LogP contribution in [0.2, 0.25) is 0 Å². The Kier molecular flexibility index (Phi) is 8.62. The molecule has 0 saturated carbocycles. The van der Waals surface area contributed by atoms with Crippen LogP contribution >= 0.6 is 12.4 Å². The summed E-state index contributed by atoms with van der Waals surface area (Å²) in [6.45, 7) is 12.5. The molecule has 0 aromatic heterocycles. The first-order valence-corrected chi connectivity index (χ1v) is 8.39. The quantitative estimate of drug-likeness (QED) is 0.720. The summed E-state index contributed by atoms with van der Waals surface area (Å²) in [5.41, 5.74) is 6.50. The lowest BCUT2D eigenvalue weighted by Gasteiger charge is -2.33. The minimum absolute atomic E-state index is 0. The van der Waals surface area contributed by atoms with E-state index in [1.807, 2.05) is 53.7 Å². The van der Waals surface area contributed by atoms with Gasteiger partial charge in [0.05, 0.1) is 5.54 Å². The molecule has 4 N–H and O–H groups in total. The zero-order chi connectivity index (χ0) is 18.5. The predicted octanol–water partition coefficient (Wildman–Crippen LogP) is 2.87. The second kappa shape index (κ2) is 9.20. The predicted molar refractivity (Wildman–Crippen MR) is 105 cm³/mol. The zero-order valence-electron chi connectivity index (χ0n) is 16.1. The number of rotatable bonds is 6. The summed E-state index contributed by atoms with van der Waals surface area (Å²) in [7, 11) is 0. The summed E-state index contributed by atoms with van der Waals surface area (Å²) in [5.74, 6) is 0.0974. The van der Waals surface area contributed by atoms with E-state index < -0.39 is 11.0 Å². The van der Waals surface area contributed by atoms with Gasteiger partial charge in [0.1, 0.15) is 0 Å². The molecule has 0 bridgehead atoms. The number of amides is 2. The van der Waals surface area contributed by atoms with Gasteiger partial charge in [0.15, 0.2) is 0 Å². The summed E-state index contributed by atoms with van der Waals surface area (Å²) in [6, 6.07) is 7.25. The van der Waals surface area contributed by atoms with Gasteiger partial charge in [-0.3, -0.25) is 9.59 Å². The Morgan fingerprint density at radius 1 is 1.08 bits per heavy atom. The normalized spacial score (nSPS) is 13.6.